The maximum absolute atomic E-state index is 10.2. The lowest BCUT2D eigenvalue weighted by molar-refractivity contribution is 0.209. The molecule has 0 unspecified atom stereocenters. The Balaban J connectivity index is 2.86. The fourth-order valence-electron chi connectivity index (χ4n) is 0.592. The van der Waals surface area contributed by atoms with Gasteiger partial charge < -0.3 is 5.11 Å². The predicted molar refractivity (Wildman–Crippen MR) is 43.6 cm³/mol. The Hall–Kier alpha value is -1.10. The van der Waals surface area contributed by atoms with Gasteiger partial charge in [0.1, 0.15) is 0 Å². The van der Waals surface area contributed by atoms with Crippen LogP contribution in [0.15, 0.2) is 22.9 Å². The molecule has 1 rings (SSSR count). The van der Waals surface area contributed by atoms with Crippen molar-refractivity contribution in [2.75, 3.05) is 5.32 Å². The Labute approximate surface area is 71.4 Å². The van der Waals surface area contributed by atoms with E-state index in [0.29, 0.717) is 10.2 Å². The third kappa shape index (κ3) is 2.19. The summed E-state index contributed by atoms with van der Waals surface area (Å²) in [5.41, 5.74) is 0.493. The minimum absolute atomic E-state index is 0.493. The molecule has 0 atom stereocenters. The van der Waals surface area contributed by atoms with Crippen LogP contribution in [0.1, 0.15) is 0 Å². The smallest absolute Gasteiger partial charge is 0.409 e. The number of nitrogens with zero attached hydrogens (tertiary/aromatic N) is 1. The molecule has 1 amide bonds. The van der Waals surface area contributed by atoms with Crippen LogP contribution < -0.4 is 5.32 Å². The molecule has 0 aliphatic heterocycles. The van der Waals surface area contributed by atoms with Gasteiger partial charge in [-0.2, -0.15) is 0 Å². The number of carbonyl (C=O) groups is 1. The second-order valence-electron chi connectivity index (χ2n) is 1.79. The molecule has 0 fully saturated rings. The van der Waals surface area contributed by atoms with Crippen LogP contribution in [0.5, 0.6) is 0 Å². The first-order chi connectivity index (χ1) is 5.20. The van der Waals surface area contributed by atoms with E-state index < -0.39 is 6.09 Å². The van der Waals surface area contributed by atoms with E-state index in [2.05, 4.69) is 26.2 Å². The first-order valence-electron chi connectivity index (χ1n) is 2.79. The largest absolute Gasteiger partial charge is 0.465 e. The van der Waals surface area contributed by atoms with E-state index in [1.165, 1.54) is 12.4 Å². The zero-order valence-electron chi connectivity index (χ0n) is 5.41. The zero-order valence-corrected chi connectivity index (χ0v) is 7.00. The van der Waals surface area contributed by atoms with E-state index in [9.17, 15) is 4.79 Å². The number of amides is 1. The molecule has 1 aromatic heterocycles. The summed E-state index contributed by atoms with van der Waals surface area (Å²) < 4.78 is 0.627. The Bertz CT molecular complexity index is 277. The number of hydrogen-bond acceptors (Lipinski definition) is 2. The van der Waals surface area contributed by atoms with Gasteiger partial charge in [-0.1, -0.05) is 0 Å². The highest BCUT2D eigenvalue weighted by molar-refractivity contribution is 9.10. The van der Waals surface area contributed by atoms with Gasteiger partial charge in [-0.25, -0.2) is 4.79 Å². The van der Waals surface area contributed by atoms with Gasteiger partial charge in [0.2, 0.25) is 0 Å². The molecule has 2 N–H and O–H groups in total. The fraction of sp³-hybridized carbons (Fsp3) is 0. The van der Waals surface area contributed by atoms with Crippen molar-refractivity contribution in [3.05, 3.63) is 22.9 Å². The second kappa shape index (κ2) is 3.34. The quantitative estimate of drug-likeness (QED) is 0.755. The summed E-state index contributed by atoms with van der Waals surface area (Å²) in [6.07, 6.45) is 1.94. The molecule has 58 valence electrons. The minimum Gasteiger partial charge on any atom is -0.465 e. The Morgan fingerprint density at radius 1 is 1.73 bits per heavy atom. The molecule has 0 saturated heterocycles. The van der Waals surface area contributed by atoms with Gasteiger partial charge in [0.05, 0.1) is 10.2 Å². The number of nitrogens with one attached hydrogen (secondary N) is 1. The van der Waals surface area contributed by atoms with E-state index in [-0.39, 0.29) is 0 Å². The first-order valence-corrected chi connectivity index (χ1v) is 3.59. The molecule has 11 heavy (non-hydrogen) atoms. The van der Waals surface area contributed by atoms with Crippen LogP contribution >= 0.6 is 15.9 Å². The van der Waals surface area contributed by atoms with Crippen LogP contribution in [0.25, 0.3) is 0 Å². The molecule has 5 heteroatoms. The molecule has 0 radical (unpaired) electrons. The standard InChI is InChI=1S/C6H5BrN2O2/c7-4-3-8-2-1-5(4)9-6(10)11/h1-3H,(H,8,9)(H,10,11). The number of hydrogen-bond donors (Lipinski definition) is 2. The number of aromatic nitrogens is 1. The summed E-state index contributed by atoms with van der Waals surface area (Å²) >= 11 is 3.14. The molecule has 0 aliphatic carbocycles. The molecule has 0 saturated carbocycles. The lowest BCUT2D eigenvalue weighted by Crippen LogP contribution is -2.07. The van der Waals surface area contributed by atoms with Crippen LogP contribution in [0.4, 0.5) is 10.5 Å². The van der Waals surface area contributed by atoms with Crippen LogP contribution in [-0.2, 0) is 0 Å². The molecule has 0 bridgehead atoms. The molecule has 1 heterocycles. The average molecular weight is 217 g/mol. The summed E-state index contributed by atoms with van der Waals surface area (Å²) in [5, 5.41) is 10.5. The van der Waals surface area contributed by atoms with Crippen molar-refractivity contribution in [1.29, 1.82) is 0 Å². The summed E-state index contributed by atoms with van der Waals surface area (Å²) in [6, 6.07) is 1.57. The topological polar surface area (TPSA) is 62.2 Å². The molecule has 0 aromatic carbocycles. The minimum atomic E-state index is -1.09. The van der Waals surface area contributed by atoms with Crippen molar-refractivity contribution < 1.29 is 9.90 Å². The SMILES string of the molecule is O=C(O)Nc1ccncc1Br. The van der Waals surface area contributed by atoms with Crippen molar-refractivity contribution >= 4 is 27.7 Å². The van der Waals surface area contributed by atoms with Crippen molar-refractivity contribution in [3.8, 4) is 0 Å². The Morgan fingerprint density at radius 2 is 2.45 bits per heavy atom. The molecule has 0 spiro atoms. The van der Waals surface area contributed by atoms with Crippen LogP contribution in [0, 0.1) is 0 Å². The van der Waals surface area contributed by atoms with Crippen molar-refractivity contribution in [2.24, 2.45) is 0 Å². The Morgan fingerprint density at radius 3 is 3.00 bits per heavy atom. The van der Waals surface area contributed by atoms with E-state index in [4.69, 9.17) is 5.11 Å². The highest BCUT2D eigenvalue weighted by Crippen LogP contribution is 2.19. The number of carboxylic acid groups (broad SMARTS) is 1. The summed E-state index contributed by atoms with van der Waals surface area (Å²) in [6.45, 7) is 0. The lowest BCUT2D eigenvalue weighted by atomic mass is 10.4. The second-order valence-corrected chi connectivity index (χ2v) is 2.64. The van der Waals surface area contributed by atoms with Gasteiger partial charge >= 0.3 is 6.09 Å². The third-order valence-electron chi connectivity index (χ3n) is 1.01. The van der Waals surface area contributed by atoms with Crippen molar-refractivity contribution in [2.45, 2.75) is 0 Å². The van der Waals surface area contributed by atoms with Crippen molar-refractivity contribution in [1.82, 2.24) is 4.98 Å². The van der Waals surface area contributed by atoms with Crippen LogP contribution in [0.3, 0.4) is 0 Å². The zero-order chi connectivity index (χ0) is 8.27. The van der Waals surface area contributed by atoms with Gasteiger partial charge in [0.25, 0.3) is 0 Å². The number of anilines is 1. The summed E-state index contributed by atoms with van der Waals surface area (Å²) in [5.74, 6) is 0. The first kappa shape index (κ1) is 8.00. The predicted octanol–water partition coefficient (Wildman–Crippen LogP) is 1.93. The van der Waals surface area contributed by atoms with Gasteiger partial charge in [0, 0.05) is 12.4 Å². The maximum atomic E-state index is 10.2. The van der Waals surface area contributed by atoms with E-state index in [0.717, 1.165) is 0 Å². The fourth-order valence-corrected chi connectivity index (χ4v) is 0.941. The number of halogens is 1. The highest BCUT2D eigenvalue weighted by atomic mass is 79.9. The van der Waals surface area contributed by atoms with Crippen LogP contribution in [-0.4, -0.2) is 16.2 Å². The Kier molecular flexibility index (Phi) is 2.43. The van der Waals surface area contributed by atoms with Crippen molar-refractivity contribution in [3.63, 3.8) is 0 Å². The van der Waals surface area contributed by atoms with Crippen LogP contribution in [0.2, 0.25) is 0 Å². The van der Waals surface area contributed by atoms with E-state index >= 15 is 0 Å². The van der Waals surface area contributed by atoms with Gasteiger partial charge in [-0.05, 0) is 22.0 Å². The highest BCUT2D eigenvalue weighted by Gasteiger charge is 2.00. The molecular formula is C6H5BrN2O2. The normalized spacial score (nSPS) is 9.18. The monoisotopic (exact) mass is 216 g/mol. The lowest BCUT2D eigenvalue weighted by Gasteiger charge is -2.00. The third-order valence-corrected chi connectivity index (χ3v) is 1.65. The van der Waals surface area contributed by atoms with Gasteiger partial charge in [-0.3, -0.25) is 10.3 Å². The van der Waals surface area contributed by atoms with E-state index in [1.807, 2.05) is 0 Å². The summed E-state index contributed by atoms with van der Waals surface area (Å²) in [7, 11) is 0. The number of pyridine rings is 1. The molecule has 4 nitrogen and oxygen atoms in total. The molecule has 1 aromatic rings. The summed E-state index contributed by atoms with van der Waals surface area (Å²) in [4.78, 5) is 13.9. The average Bonchev–Trinajstić information content (AvgIpc) is 1.93. The van der Waals surface area contributed by atoms with Gasteiger partial charge in [-0.15, -0.1) is 0 Å². The maximum Gasteiger partial charge on any atom is 0.409 e. The van der Waals surface area contributed by atoms with Gasteiger partial charge in [0.15, 0.2) is 0 Å². The van der Waals surface area contributed by atoms with E-state index in [1.54, 1.807) is 6.07 Å². The molecule has 0 aliphatic rings. The molecular weight excluding hydrogens is 212 g/mol. The number of rotatable bonds is 1.